The summed E-state index contributed by atoms with van der Waals surface area (Å²) in [5.74, 6) is 1.13. The lowest BCUT2D eigenvalue weighted by molar-refractivity contribution is -0.118. The van der Waals surface area contributed by atoms with E-state index in [4.69, 9.17) is 4.74 Å². The molecule has 0 bridgehead atoms. The molecule has 0 saturated heterocycles. The van der Waals surface area contributed by atoms with Gasteiger partial charge in [0, 0.05) is 12.2 Å². The number of thioether (sulfide) groups is 1. The van der Waals surface area contributed by atoms with Gasteiger partial charge >= 0.3 is 0 Å². The second-order valence-corrected chi connectivity index (χ2v) is 7.76. The van der Waals surface area contributed by atoms with Gasteiger partial charge in [-0.2, -0.15) is 0 Å². The third-order valence-electron chi connectivity index (χ3n) is 3.67. The standard InChI is InChI=1S/C19H20N4O2S2/c1-25-16-10-6-5-7-14(16)11-12-20-17(24)13-26-19-23-22-18(27-19)21-15-8-3-2-4-9-15/h2-10H,11-13H2,1H3,(H,20,24)(H,21,22). The molecule has 0 spiro atoms. The number of rotatable bonds is 9. The van der Waals surface area contributed by atoms with Crippen molar-refractivity contribution in [2.24, 2.45) is 0 Å². The maximum Gasteiger partial charge on any atom is 0.230 e. The predicted molar refractivity (Wildman–Crippen MR) is 110 cm³/mol. The van der Waals surface area contributed by atoms with Crippen LogP contribution < -0.4 is 15.4 Å². The molecule has 27 heavy (non-hydrogen) atoms. The molecule has 0 radical (unpaired) electrons. The molecule has 0 fully saturated rings. The number of nitrogens with zero attached hydrogens (tertiary/aromatic N) is 2. The van der Waals surface area contributed by atoms with Gasteiger partial charge in [0.25, 0.3) is 0 Å². The Kier molecular flexibility index (Phi) is 7.06. The average Bonchev–Trinajstić information content (AvgIpc) is 3.15. The lowest BCUT2D eigenvalue weighted by Gasteiger charge is -2.08. The highest BCUT2D eigenvalue weighted by Gasteiger charge is 2.09. The van der Waals surface area contributed by atoms with Gasteiger partial charge in [-0.05, 0) is 30.2 Å². The van der Waals surface area contributed by atoms with E-state index < -0.39 is 0 Å². The number of hydrogen-bond donors (Lipinski definition) is 2. The van der Waals surface area contributed by atoms with E-state index in [0.717, 1.165) is 27.8 Å². The summed E-state index contributed by atoms with van der Waals surface area (Å²) in [5.41, 5.74) is 2.04. The van der Waals surface area contributed by atoms with E-state index >= 15 is 0 Å². The van der Waals surface area contributed by atoms with Crippen LogP contribution in [0.2, 0.25) is 0 Å². The molecule has 1 aromatic heterocycles. The summed E-state index contributed by atoms with van der Waals surface area (Å²) in [6.45, 7) is 0.566. The van der Waals surface area contributed by atoms with E-state index in [2.05, 4.69) is 20.8 Å². The van der Waals surface area contributed by atoms with Gasteiger partial charge in [0.1, 0.15) is 5.75 Å². The van der Waals surface area contributed by atoms with Gasteiger partial charge < -0.3 is 15.4 Å². The molecule has 140 valence electrons. The van der Waals surface area contributed by atoms with Crippen LogP contribution in [-0.2, 0) is 11.2 Å². The highest BCUT2D eigenvalue weighted by molar-refractivity contribution is 8.01. The number of ether oxygens (including phenoxy) is 1. The zero-order valence-electron chi connectivity index (χ0n) is 14.8. The minimum absolute atomic E-state index is 0.0253. The van der Waals surface area contributed by atoms with Crippen LogP contribution in [0.15, 0.2) is 58.9 Å². The van der Waals surface area contributed by atoms with Crippen LogP contribution in [0.3, 0.4) is 0 Å². The smallest absolute Gasteiger partial charge is 0.230 e. The van der Waals surface area contributed by atoms with E-state index in [1.807, 2.05) is 54.6 Å². The predicted octanol–water partition coefficient (Wildman–Crippen LogP) is 3.74. The quantitative estimate of drug-likeness (QED) is 0.533. The second-order valence-electron chi connectivity index (χ2n) is 5.56. The number of nitrogens with one attached hydrogen (secondary N) is 2. The van der Waals surface area contributed by atoms with Crippen LogP contribution in [0, 0.1) is 0 Å². The number of aromatic nitrogens is 2. The zero-order chi connectivity index (χ0) is 18.9. The third-order valence-corrected chi connectivity index (χ3v) is 5.64. The van der Waals surface area contributed by atoms with Crippen molar-refractivity contribution in [3.63, 3.8) is 0 Å². The van der Waals surface area contributed by atoms with Crippen molar-refractivity contribution < 1.29 is 9.53 Å². The van der Waals surface area contributed by atoms with Crippen LogP contribution in [0.1, 0.15) is 5.56 Å². The maximum absolute atomic E-state index is 12.0. The Hall–Kier alpha value is -2.58. The summed E-state index contributed by atoms with van der Waals surface area (Å²) in [6.07, 6.45) is 0.727. The van der Waals surface area contributed by atoms with Gasteiger partial charge in [0.15, 0.2) is 4.34 Å². The largest absolute Gasteiger partial charge is 0.496 e. The fourth-order valence-corrected chi connectivity index (χ4v) is 3.99. The van der Waals surface area contributed by atoms with Gasteiger partial charge in [0.2, 0.25) is 11.0 Å². The van der Waals surface area contributed by atoms with Crippen LogP contribution >= 0.6 is 23.1 Å². The van der Waals surface area contributed by atoms with Crippen LogP contribution in [-0.4, -0.2) is 35.5 Å². The molecule has 3 rings (SSSR count). The molecule has 2 aromatic carbocycles. The molecule has 2 N–H and O–H groups in total. The van der Waals surface area contributed by atoms with Gasteiger partial charge in [-0.15, -0.1) is 10.2 Å². The molecule has 0 unspecified atom stereocenters. The first-order valence-corrected chi connectivity index (χ1v) is 10.2. The van der Waals surface area contributed by atoms with E-state index in [-0.39, 0.29) is 5.91 Å². The molecule has 3 aromatic rings. The molecule has 0 aliphatic rings. The average molecular weight is 401 g/mol. The monoisotopic (exact) mass is 400 g/mol. The highest BCUT2D eigenvalue weighted by atomic mass is 32.2. The number of carbonyl (C=O) groups excluding carboxylic acids is 1. The third kappa shape index (κ3) is 5.97. The molecule has 1 heterocycles. The number of methoxy groups -OCH3 is 1. The van der Waals surface area contributed by atoms with E-state index in [0.29, 0.717) is 17.4 Å². The molecular formula is C19H20N4O2S2. The lowest BCUT2D eigenvalue weighted by Crippen LogP contribution is -2.27. The van der Waals surface area contributed by atoms with Crippen molar-refractivity contribution in [2.75, 3.05) is 24.7 Å². The molecule has 8 heteroatoms. The Morgan fingerprint density at radius 2 is 1.89 bits per heavy atom. The molecule has 0 atom stereocenters. The molecule has 6 nitrogen and oxygen atoms in total. The van der Waals surface area contributed by atoms with Crippen LogP contribution in [0.25, 0.3) is 0 Å². The van der Waals surface area contributed by atoms with Crippen molar-refractivity contribution in [2.45, 2.75) is 10.8 Å². The number of hydrogen-bond acceptors (Lipinski definition) is 7. The van der Waals surface area contributed by atoms with Gasteiger partial charge in [-0.3, -0.25) is 4.79 Å². The SMILES string of the molecule is COc1ccccc1CCNC(=O)CSc1nnc(Nc2ccccc2)s1. The van der Waals surface area contributed by atoms with Gasteiger partial charge in [-0.25, -0.2) is 0 Å². The highest BCUT2D eigenvalue weighted by Crippen LogP contribution is 2.27. The van der Waals surface area contributed by atoms with Gasteiger partial charge in [0.05, 0.1) is 12.9 Å². The Labute approximate surface area is 166 Å². The summed E-state index contributed by atoms with van der Waals surface area (Å²) in [4.78, 5) is 12.0. The summed E-state index contributed by atoms with van der Waals surface area (Å²) in [5, 5.41) is 15.0. The van der Waals surface area contributed by atoms with Crippen molar-refractivity contribution >= 4 is 39.8 Å². The summed E-state index contributed by atoms with van der Waals surface area (Å²) in [6, 6.07) is 17.6. The first-order chi connectivity index (χ1) is 13.2. The summed E-state index contributed by atoms with van der Waals surface area (Å²) < 4.78 is 6.07. The fraction of sp³-hybridized carbons (Fsp3) is 0.211. The van der Waals surface area contributed by atoms with Gasteiger partial charge in [-0.1, -0.05) is 59.5 Å². The first-order valence-electron chi connectivity index (χ1n) is 8.41. The van der Waals surface area contributed by atoms with Crippen molar-refractivity contribution in [1.82, 2.24) is 15.5 Å². The van der Waals surface area contributed by atoms with Crippen LogP contribution in [0.4, 0.5) is 10.8 Å². The number of para-hydroxylation sites is 2. The number of carbonyl (C=O) groups is 1. The molecule has 0 aliphatic carbocycles. The minimum atomic E-state index is -0.0253. The second kappa shape index (κ2) is 9.94. The number of amides is 1. The Morgan fingerprint density at radius 3 is 2.70 bits per heavy atom. The van der Waals surface area contributed by atoms with E-state index in [1.165, 1.54) is 23.1 Å². The first kappa shape index (κ1) is 19.2. The zero-order valence-corrected chi connectivity index (χ0v) is 16.5. The fourth-order valence-electron chi connectivity index (χ4n) is 2.39. The Bertz CT molecular complexity index is 871. The topological polar surface area (TPSA) is 76.1 Å². The maximum atomic E-state index is 12.0. The molecular weight excluding hydrogens is 380 g/mol. The van der Waals surface area contributed by atoms with E-state index in [1.54, 1.807) is 7.11 Å². The number of benzene rings is 2. The Balaban J connectivity index is 1.40. The molecule has 0 saturated carbocycles. The van der Waals surface area contributed by atoms with Crippen molar-refractivity contribution in [3.8, 4) is 5.75 Å². The van der Waals surface area contributed by atoms with E-state index in [9.17, 15) is 4.79 Å². The van der Waals surface area contributed by atoms with Crippen molar-refractivity contribution in [3.05, 3.63) is 60.2 Å². The minimum Gasteiger partial charge on any atom is -0.496 e. The molecule has 1 amide bonds. The molecule has 0 aliphatic heterocycles. The van der Waals surface area contributed by atoms with Crippen LogP contribution in [0.5, 0.6) is 5.75 Å². The summed E-state index contributed by atoms with van der Waals surface area (Å²) >= 11 is 2.81. The normalized spacial score (nSPS) is 10.4. The van der Waals surface area contributed by atoms with Crippen molar-refractivity contribution in [1.29, 1.82) is 0 Å². The number of anilines is 2. The lowest BCUT2D eigenvalue weighted by atomic mass is 10.1. The summed E-state index contributed by atoms with van der Waals surface area (Å²) in [7, 11) is 1.65. The Morgan fingerprint density at radius 1 is 1.11 bits per heavy atom.